The van der Waals surface area contributed by atoms with Crippen molar-refractivity contribution in [2.24, 2.45) is 5.92 Å². The van der Waals surface area contributed by atoms with Gasteiger partial charge in [0.05, 0.1) is 12.0 Å². The first-order valence-corrected chi connectivity index (χ1v) is 6.29. The number of nitriles is 1. The molecule has 0 aliphatic rings. The van der Waals surface area contributed by atoms with Crippen molar-refractivity contribution >= 4 is 0 Å². The fraction of sp³-hybridized carbons (Fsp3) is 0.533. The van der Waals surface area contributed by atoms with E-state index in [2.05, 4.69) is 56.1 Å². The molecule has 2 nitrogen and oxygen atoms in total. The topological polar surface area (TPSA) is 27.0 Å². The van der Waals surface area contributed by atoms with Crippen molar-refractivity contribution in [2.75, 3.05) is 20.1 Å². The molecule has 2 heteroatoms. The zero-order chi connectivity index (χ0) is 12.7. The second-order valence-electron chi connectivity index (χ2n) is 4.74. The highest BCUT2D eigenvalue weighted by atomic mass is 15.1. The maximum atomic E-state index is 8.92. The first kappa shape index (κ1) is 13.7. The number of rotatable bonds is 6. The monoisotopic (exact) mass is 230 g/mol. The predicted octanol–water partition coefficient (Wildman–Crippen LogP) is 3.02. The summed E-state index contributed by atoms with van der Waals surface area (Å²) in [6.45, 7) is 6.08. The van der Waals surface area contributed by atoms with Crippen LogP contribution in [0.15, 0.2) is 24.3 Å². The smallest absolute Gasteiger partial charge is 0.0669 e. The van der Waals surface area contributed by atoms with Gasteiger partial charge in [-0.15, -0.1) is 0 Å². The van der Waals surface area contributed by atoms with Crippen molar-refractivity contribution < 1.29 is 0 Å². The van der Waals surface area contributed by atoms with Gasteiger partial charge in [-0.25, -0.2) is 0 Å². The van der Waals surface area contributed by atoms with E-state index in [-0.39, 0.29) is 5.92 Å². The van der Waals surface area contributed by atoms with Gasteiger partial charge < -0.3 is 4.90 Å². The van der Waals surface area contributed by atoms with Gasteiger partial charge in [-0.3, -0.25) is 0 Å². The molecule has 0 bridgehead atoms. The summed E-state index contributed by atoms with van der Waals surface area (Å²) in [5.74, 6) is 0.164. The summed E-state index contributed by atoms with van der Waals surface area (Å²) in [4.78, 5) is 2.25. The zero-order valence-electron chi connectivity index (χ0n) is 11.1. The molecule has 0 amide bonds. The summed E-state index contributed by atoms with van der Waals surface area (Å²) in [6.07, 6.45) is 1.99. The summed E-state index contributed by atoms with van der Waals surface area (Å²) < 4.78 is 0. The van der Waals surface area contributed by atoms with E-state index in [9.17, 15) is 0 Å². The maximum absolute atomic E-state index is 8.92. The molecule has 0 aliphatic heterocycles. The van der Waals surface area contributed by atoms with Gasteiger partial charge in [0.25, 0.3) is 0 Å². The summed E-state index contributed by atoms with van der Waals surface area (Å²) in [5, 5.41) is 8.92. The lowest BCUT2D eigenvalue weighted by atomic mass is 10.1. The summed E-state index contributed by atoms with van der Waals surface area (Å²) in [5.41, 5.74) is 2.69. The minimum absolute atomic E-state index is 0.164. The van der Waals surface area contributed by atoms with Crippen LogP contribution in [0.25, 0.3) is 0 Å². The van der Waals surface area contributed by atoms with Crippen molar-refractivity contribution in [3.8, 4) is 6.07 Å². The molecule has 1 aromatic rings. The van der Waals surface area contributed by atoms with Gasteiger partial charge in [0.15, 0.2) is 0 Å². The van der Waals surface area contributed by atoms with Crippen LogP contribution in [-0.4, -0.2) is 25.0 Å². The first-order valence-electron chi connectivity index (χ1n) is 6.29. The molecular formula is C15H22N2. The predicted molar refractivity (Wildman–Crippen MR) is 71.8 cm³/mol. The molecule has 1 atom stereocenters. The SMILES string of the molecule is CCC(C#N)CN(C)CCc1cccc(C)c1. The van der Waals surface area contributed by atoms with E-state index in [1.807, 2.05) is 0 Å². The first-order chi connectivity index (χ1) is 8.15. The third kappa shape index (κ3) is 5.01. The number of aryl methyl sites for hydroxylation is 1. The van der Waals surface area contributed by atoms with Crippen molar-refractivity contribution in [3.05, 3.63) is 35.4 Å². The van der Waals surface area contributed by atoms with E-state index >= 15 is 0 Å². The molecule has 0 radical (unpaired) electrons. The molecule has 1 aromatic carbocycles. The Labute approximate surface area is 105 Å². The van der Waals surface area contributed by atoms with E-state index < -0.39 is 0 Å². The third-order valence-corrected chi connectivity index (χ3v) is 3.07. The van der Waals surface area contributed by atoms with Gasteiger partial charge >= 0.3 is 0 Å². The van der Waals surface area contributed by atoms with Crippen LogP contribution in [0, 0.1) is 24.2 Å². The Balaban J connectivity index is 2.38. The van der Waals surface area contributed by atoms with Crippen LogP contribution < -0.4 is 0 Å². The minimum Gasteiger partial charge on any atom is -0.305 e. The fourth-order valence-electron chi connectivity index (χ4n) is 1.92. The lowest BCUT2D eigenvalue weighted by Gasteiger charge is -2.19. The lowest BCUT2D eigenvalue weighted by molar-refractivity contribution is 0.303. The summed E-state index contributed by atoms with van der Waals surface area (Å²) in [6, 6.07) is 11.0. The molecule has 0 spiro atoms. The van der Waals surface area contributed by atoms with Gasteiger partial charge in [0.1, 0.15) is 0 Å². The molecule has 0 saturated heterocycles. The highest BCUT2D eigenvalue weighted by Gasteiger charge is 2.08. The number of hydrogen-bond donors (Lipinski definition) is 0. The molecular weight excluding hydrogens is 208 g/mol. The van der Waals surface area contributed by atoms with Crippen molar-refractivity contribution in [1.29, 1.82) is 5.26 Å². The van der Waals surface area contributed by atoms with E-state index in [1.165, 1.54) is 11.1 Å². The zero-order valence-corrected chi connectivity index (χ0v) is 11.1. The van der Waals surface area contributed by atoms with Gasteiger partial charge in [-0.1, -0.05) is 36.8 Å². The summed E-state index contributed by atoms with van der Waals surface area (Å²) in [7, 11) is 2.09. The van der Waals surface area contributed by atoms with E-state index in [0.717, 1.165) is 25.9 Å². The molecule has 92 valence electrons. The number of likely N-dealkylation sites (N-methyl/N-ethyl adjacent to an activating group) is 1. The van der Waals surface area contributed by atoms with Crippen LogP contribution in [0.2, 0.25) is 0 Å². The van der Waals surface area contributed by atoms with Gasteiger partial charge in [0, 0.05) is 13.1 Å². The average Bonchev–Trinajstić information content (AvgIpc) is 2.33. The van der Waals surface area contributed by atoms with E-state index in [4.69, 9.17) is 5.26 Å². The Morgan fingerprint density at radius 1 is 1.41 bits per heavy atom. The molecule has 1 unspecified atom stereocenters. The molecule has 0 N–H and O–H groups in total. The Hall–Kier alpha value is -1.33. The Morgan fingerprint density at radius 3 is 2.76 bits per heavy atom. The molecule has 17 heavy (non-hydrogen) atoms. The highest BCUT2D eigenvalue weighted by Crippen LogP contribution is 2.07. The number of benzene rings is 1. The second-order valence-corrected chi connectivity index (χ2v) is 4.74. The second kappa shape index (κ2) is 7.09. The third-order valence-electron chi connectivity index (χ3n) is 3.07. The van der Waals surface area contributed by atoms with Crippen LogP contribution in [0.4, 0.5) is 0 Å². The van der Waals surface area contributed by atoms with Crippen molar-refractivity contribution in [3.63, 3.8) is 0 Å². The van der Waals surface area contributed by atoms with Crippen molar-refractivity contribution in [2.45, 2.75) is 26.7 Å². The molecule has 0 fully saturated rings. The number of nitrogens with zero attached hydrogens (tertiary/aromatic N) is 2. The normalized spacial score (nSPS) is 12.4. The van der Waals surface area contributed by atoms with Crippen LogP contribution in [-0.2, 0) is 6.42 Å². The van der Waals surface area contributed by atoms with Gasteiger partial charge in [0.2, 0.25) is 0 Å². The maximum Gasteiger partial charge on any atom is 0.0669 e. The molecule has 0 aromatic heterocycles. The van der Waals surface area contributed by atoms with Crippen LogP contribution >= 0.6 is 0 Å². The molecule has 1 rings (SSSR count). The number of hydrogen-bond acceptors (Lipinski definition) is 2. The Morgan fingerprint density at radius 2 is 2.18 bits per heavy atom. The quantitative estimate of drug-likeness (QED) is 0.751. The Kier molecular flexibility index (Phi) is 5.72. The van der Waals surface area contributed by atoms with E-state index in [0.29, 0.717) is 0 Å². The summed E-state index contributed by atoms with van der Waals surface area (Å²) >= 11 is 0. The Bertz CT molecular complexity index is 379. The van der Waals surface area contributed by atoms with E-state index in [1.54, 1.807) is 0 Å². The average molecular weight is 230 g/mol. The van der Waals surface area contributed by atoms with Gasteiger partial charge in [-0.2, -0.15) is 5.26 Å². The molecule has 0 heterocycles. The highest BCUT2D eigenvalue weighted by molar-refractivity contribution is 5.22. The van der Waals surface area contributed by atoms with Crippen LogP contribution in [0.5, 0.6) is 0 Å². The molecule has 0 saturated carbocycles. The minimum atomic E-state index is 0.164. The molecule has 0 aliphatic carbocycles. The van der Waals surface area contributed by atoms with Crippen LogP contribution in [0.3, 0.4) is 0 Å². The standard InChI is InChI=1S/C15H22N2/c1-4-14(11-16)12-17(3)9-8-15-7-5-6-13(2)10-15/h5-7,10,14H,4,8-9,12H2,1-3H3. The van der Waals surface area contributed by atoms with Crippen molar-refractivity contribution in [1.82, 2.24) is 4.90 Å². The fourth-order valence-corrected chi connectivity index (χ4v) is 1.92. The van der Waals surface area contributed by atoms with Crippen LogP contribution in [0.1, 0.15) is 24.5 Å². The van der Waals surface area contributed by atoms with Gasteiger partial charge in [-0.05, 0) is 32.4 Å². The lowest BCUT2D eigenvalue weighted by Crippen LogP contribution is -2.27. The largest absolute Gasteiger partial charge is 0.305 e.